The molecule has 5 nitrogen and oxygen atoms in total. The predicted octanol–water partition coefficient (Wildman–Crippen LogP) is 4.71. The molecule has 0 bridgehead atoms. The van der Waals surface area contributed by atoms with Crippen molar-refractivity contribution >= 4 is 21.4 Å². The molecular weight excluding hydrogens is 439 g/mol. The highest BCUT2D eigenvalue weighted by Gasteiger charge is 2.30. The lowest BCUT2D eigenvalue weighted by Crippen LogP contribution is -2.28. The summed E-state index contributed by atoms with van der Waals surface area (Å²) in [7, 11) is -3.90. The van der Waals surface area contributed by atoms with Gasteiger partial charge in [-0.25, -0.2) is 13.1 Å². The van der Waals surface area contributed by atoms with Crippen molar-refractivity contribution in [2.24, 2.45) is 0 Å². The number of anilines is 2. The molecule has 168 valence electrons. The standard InChI is InChI=1S/C23H22F3N3O2S/c24-23(25,26)18-9-11-19(12-10-18)32(30,31)28-15-4-16-29-21-6-2-1-5-17(21)8-13-20-22(29)7-3-14-27-20/h1-3,5-7,9-12,14,28H,4,8,13,15-16H2. The van der Waals surface area contributed by atoms with Crippen molar-refractivity contribution in [3.63, 3.8) is 0 Å². The quantitative estimate of drug-likeness (QED) is 0.541. The Morgan fingerprint density at radius 3 is 2.41 bits per heavy atom. The first kappa shape index (κ1) is 22.3. The molecule has 32 heavy (non-hydrogen) atoms. The summed E-state index contributed by atoms with van der Waals surface area (Å²) in [5, 5.41) is 0. The van der Waals surface area contributed by atoms with Crippen LogP contribution in [0.4, 0.5) is 24.5 Å². The van der Waals surface area contributed by atoms with Crippen LogP contribution >= 0.6 is 0 Å². The molecule has 0 unspecified atom stereocenters. The first-order valence-corrected chi connectivity index (χ1v) is 11.7. The smallest absolute Gasteiger partial charge is 0.340 e. The van der Waals surface area contributed by atoms with Crippen LogP contribution in [0.25, 0.3) is 0 Å². The number of aryl methyl sites for hydroxylation is 2. The van der Waals surface area contributed by atoms with E-state index in [4.69, 9.17) is 0 Å². The van der Waals surface area contributed by atoms with Gasteiger partial charge in [-0.1, -0.05) is 18.2 Å². The zero-order valence-corrected chi connectivity index (χ0v) is 18.0. The third-order valence-corrected chi connectivity index (χ3v) is 6.89. The number of halogens is 3. The van der Waals surface area contributed by atoms with Gasteiger partial charge >= 0.3 is 6.18 Å². The van der Waals surface area contributed by atoms with E-state index in [2.05, 4.69) is 20.7 Å². The molecule has 0 radical (unpaired) electrons. The van der Waals surface area contributed by atoms with Crippen molar-refractivity contribution in [3.8, 4) is 0 Å². The first-order valence-electron chi connectivity index (χ1n) is 10.2. The Hall–Kier alpha value is -2.91. The number of nitrogens with zero attached hydrogens (tertiary/aromatic N) is 2. The van der Waals surface area contributed by atoms with E-state index < -0.39 is 21.8 Å². The molecule has 3 aromatic rings. The SMILES string of the molecule is O=S(=O)(NCCCN1c2ccccc2CCc2ncccc21)c1ccc(C(F)(F)F)cc1. The summed E-state index contributed by atoms with van der Waals surface area (Å²) in [6.45, 7) is 0.711. The van der Waals surface area contributed by atoms with Gasteiger partial charge < -0.3 is 4.90 Å². The van der Waals surface area contributed by atoms with Gasteiger partial charge in [-0.05, 0) is 67.3 Å². The van der Waals surface area contributed by atoms with Gasteiger partial charge in [-0.3, -0.25) is 4.98 Å². The van der Waals surface area contributed by atoms with Crippen LogP contribution in [0.3, 0.4) is 0 Å². The topological polar surface area (TPSA) is 62.3 Å². The molecular formula is C23H22F3N3O2S. The van der Waals surface area contributed by atoms with Crippen LogP contribution in [0.1, 0.15) is 23.2 Å². The highest BCUT2D eigenvalue weighted by molar-refractivity contribution is 7.89. The lowest BCUT2D eigenvalue weighted by molar-refractivity contribution is -0.137. The van der Waals surface area contributed by atoms with Crippen molar-refractivity contribution in [1.29, 1.82) is 0 Å². The molecule has 0 saturated carbocycles. The molecule has 1 aliphatic rings. The highest BCUT2D eigenvalue weighted by atomic mass is 32.2. The van der Waals surface area contributed by atoms with Gasteiger partial charge in [0.15, 0.2) is 0 Å². The minimum Gasteiger partial charge on any atom is -0.340 e. The Morgan fingerprint density at radius 2 is 1.66 bits per heavy atom. The summed E-state index contributed by atoms with van der Waals surface area (Å²) in [4.78, 5) is 6.47. The van der Waals surface area contributed by atoms with Crippen molar-refractivity contribution in [1.82, 2.24) is 9.71 Å². The number of para-hydroxylation sites is 1. The zero-order valence-electron chi connectivity index (χ0n) is 17.1. The summed E-state index contributed by atoms with van der Waals surface area (Å²) in [6, 6.07) is 15.5. The van der Waals surface area contributed by atoms with E-state index in [1.807, 2.05) is 30.3 Å². The summed E-state index contributed by atoms with van der Waals surface area (Å²) in [5.41, 5.74) is 3.39. The van der Waals surface area contributed by atoms with Gasteiger partial charge in [0.05, 0.1) is 21.8 Å². The molecule has 1 aromatic heterocycles. The number of hydrogen-bond acceptors (Lipinski definition) is 4. The molecule has 2 aromatic carbocycles. The first-order chi connectivity index (χ1) is 15.3. The fraction of sp³-hybridized carbons (Fsp3) is 0.261. The zero-order chi connectivity index (χ0) is 22.8. The van der Waals surface area contributed by atoms with Gasteiger partial charge in [0.25, 0.3) is 0 Å². The van der Waals surface area contributed by atoms with E-state index in [9.17, 15) is 21.6 Å². The number of fused-ring (bicyclic) bond motifs is 2. The minimum atomic E-state index is -4.51. The number of alkyl halides is 3. The van der Waals surface area contributed by atoms with E-state index in [0.717, 1.165) is 54.2 Å². The molecule has 2 heterocycles. The van der Waals surface area contributed by atoms with E-state index in [1.54, 1.807) is 6.20 Å². The fourth-order valence-electron chi connectivity index (χ4n) is 3.83. The van der Waals surface area contributed by atoms with Crippen LogP contribution in [0.5, 0.6) is 0 Å². The maximum atomic E-state index is 12.7. The number of pyridine rings is 1. The molecule has 0 atom stereocenters. The van der Waals surface area contributed by atoms with E-state index in [0.29, 0.717) is 13.0 Å². The van der Waals surface area contributed by atoms with E-state index in [-0.39, 0.29) is 11.4 Å². The average Bonchev–Trinajstić information content (AvgIpc) is 2.93. The second-order valence-corrected chi connectivity index (χ2v) is 9.29. The Labute approximate surface area is 185 Å². The van der Waals surface area contributed by atoms with Gasteiger partial charge in [-0.15, -0.1) is 0 Å². The Balaban J connectivity index is 1.45. The third-order valence-electron chi connectivity index (χ3n) is 5.41. The summed E-state index contributed by atoms with van der Waals surface area (Å²) in [6.07, 6.45) is -0.542. The van der Waals surface area contributed by atoms with E-state index >= 15 is 0 Å². The average molecular weight is 462 g/mol. The van der Waals surface area contributed by atoms with Crippen LogP contribution in [0, 0.1) is 0 Å². The maximum absolute atomic E-state index is 12.7. The van der Waals surface area contributed by atoms with Gasteiger partial charge in [0, 0.05) is 25.0 Å². The summed E-state index contributed by atoms with van der Waals surface area (Å²) < 4.78 is 65.6. The van der Waals surface area contributed by atoms with Crippen molar-refractivity contribution in [2.45, 2.75) is 30.3 Å². The molecule has 0 aliphatic carbocycles. The molecule has 1 N–H and O–H groups in total. The van der Waals surface area contributed by atoms with Crippen LogP contribution in [-0.4, -0.2) is 26.5 Å². The molecule has 1 aliphatic heterocycles. The second-order valence-electron chi connectivity index (χ2n) is 7.52. The second kappa shape index (κ2) is 8.91. The highest BCUT2D eigenvalue weighted by Crippen LogP contribution is 2.35. The monoisotopic (exact) mass is 461 g/mol. The van der Waals surface area contributed by atoms with Crippen LogP contribution < -0.4 is 9.62 Å². The van der Waals surface area contributed by atoms with Gasteiger partial charge in [-0.2, -0.15) is 13.2 Å². The van der Waals surface area contributed by atoms with Crippen molar-refractivity contribution in [2.75, 3.05) is 18.0 Å². The van der Waals surface area contributed by atoms with E-state index in [1.165, 1.54) is 5.56 Å². The third kappa shape index (κ3) is 4.78. The summed E-state index contributed by atoms with van der Waals surface area (Å²) in [5.74, 6) is 0. The molecule has 4 rings (SSSR count). The number of aromatic nitrogens is 1. The summed E-state index contributed by atoms with van der Waals surface area (Å²) >= 11 is 0. The van der Waals surface area contributed by atoms with Crippen LogP contribution in [0.2, 0.25) is 0 Å². The normalized spacial score (nSPS) is 13.9. The largest absolute Gasteiger partial charge is 0.416 e. The Bertz CT molecular complexity index is 1150. The molecule has 9 heteroatoms. The predicted molar refractivity (Wildman–Crippen MR) is 116 cm³/mol. The Kier molecular flexibility index (Phi) is 6.21. The molecule has 0 fully saturated rings. The molecule has 0 spiro atoms. The van der Waals surface area contributed by atoms with Crippen LogP contribution in [0.15, 0.2) is 71.8 Å². The lowest BCUT2D eigenvalue weighted by Gasteiger charge is -2.26. The van der Waals surface area contributed by atoms with Gasteiger partial charge in [0.2, 0.25) is 10.0 Å². The minimum absolute atomic E-state index is 0.150. The number of benzene rings is 2. The lowest BCUT2D eigenvalue weighted by atomic mass is 10.1. The molecule has 0 saturated heterocycles. The van der Waals surface area contributed by atoms with Crippen molar-refractivity contribution < 1.29 is 21.6 Å². The Morgan fingerprint density at radius 1 is 0.938 bits per heavy atom. The van der Waals surface area contributed by atoms with Crippen molar-refractivity contribution in [3.05, 3.63) is 83.7 Å². The fourth-order valence-corrected chi connectivity index (χ4v) is 4.90. The number of nitrogens with one attached hydrogen (secondary N) is 1. The number of sulfonamides is 1. The van der Waals surface area contributed by atoms with Crippen LogP contribution in [-0.2, 0) is 29.0 Å². The number of rotatable bonds is 6. The number of hydrogen-bond donors (Lipinski definition) is 1. The molecule has 0 amide bonds. The maximum Gasteiger partial charge on any atom is 0.416 e. The van der Waals surface area contributed by atoms with Gasteiger partial charge in [0.1, 0.15) is 0 Å².